The van der Waals surface area contributed by atoms with E-state index in [1.54, 1.807) is 20.8 Å². The van der Waals surface area contributed by atoms with Gasteiger partial charge in [0.05, 0.1) is 0 Å². The number of hydrogen-bond acceptors (Lipinski definition) is 5. The molecular formula is C12H21NO5Se. The first-order chi connectivity index (χ1) is 8.65. The van der Waals surface area contributed by atoms with E-state index in [2.05, 4.69) is 10.1 Å². The van der Waals surface area contributed by atoms with Crippen LogP contribution in [-0.2, 0) is 19.1 Å². The van der Waals surface area contributed by atoms with Crippen LogP contribution in [0.4, 0.5) is 4.79 Å². The fraction of sp³-hybridized carbons (Fsp3) is 0.750. The van der Waals surface area contributed by atoms with Crippen LogP contribution in [0.25, 0.3) is 0 Å². The Bertz CT molecular complexity index is 338. The zero-order chi connectivity index (χ0) is 15.1. The molecule has 0 spiro atoms. The standard InChI is InChI=1S/C12H21NO5Se/c1-8(14)6-19-7-9(10(15)17-5)13-11(16)18-12(2,3)4/h9H,6-7H2,1-5H3,(H,13,16)/t9-/m0/s1. The van der Waals surface area contributed by atoms with Gasteiger partial charge in [-0.1, -0.05) is 0 Å². The van der Waals surface area contributed by atoms with Gasteiger partial charge in [-0.25, -0.2) is 0 Å². The Hall–Kier alpha value is -1.07. The predicted molar refractivity (Wildman–Crippen MR) is 71.2 cm³/mol. The molecule has 0 radical (unpaired) electrons. The SMILES string of the molecule is COC(=O)[C@H](C[Se]CC(C)=O)NC(=O)OC(C)(C)C. The Kier molecular flexibility index (Phi) is 7.71. The number of ether oxygens (including phenoxy) is 2. The number of hydrogen-bond donors (Lipinski definition) is 1. The predicted octanol–water partition coefficient (Wildman–Crippen LogP) is 1.18. The maximum absolute atomic E-state index is 11.6. The fourth-order valence-electron chi connectivity index (χ4n) is 1.08. The van der Waals surface area contributed by atoms with Gasteiger partial charge in [0.25, 0.3) is 0 Å². The Labute approximate surface area is 119 Å². The summed E-state index contributed by atoms with van der Waals surface area (Å²) in [6.07, 6.45) is -0.665. The van der Waals surface area contributed by atoms with Crippen molar-refractivity contribution < 1.29 is 23.9 Å². The molecule has 110 valence electrons. The molecule has 0 fully saturated rings. The van der Waals surface area contributed by atoms with Crippen LogP contribution in [0, 0.1) is 0 Å². The summed E-state index contributed by atoms with van der Waals surface area (Å²) >= 11 is -0.0559. The van der Waals surface area contributed by atoms with E-state index in [1.165, 1.54) is 14.0 Å². The molecule has 1 N–H and O–H groups in total. The van der Waals surface area contributed by atoms with E-state index in [0.29, 0.717) is 10.6 Å². The molecule has 1 amide bonds. The molecule has 6 nitrogen and oxygen atoms in total. The van der Waals surface area contributed by atoms with Crippen LogP contribution in [-0.4, -0.2) is 51.6 Å². The van der Waals surface area contributed by atoms with Crippen LogP contribution in [0.2, 0.25) is 10.6 Å². The zero-order valence-corrected chi connectivity index (χ0v) is 13.7. The number of nitrogens with one attached hydrogen (secondary N) is 1. The first-order valence-corrected chi connectivity index (χ1v) is 8.22. The molecule has 7 heteroatoms. The molecule has 0 aliphatic carbocycles. The summed E-state index contributed by atoms with van der Waals surface area (Å²) in [6.45, 7) is 6.70. The van der Waals surface area contributed by atoms with Crippen molar-refractivity contribution in [3.63, 3.8) is 0 Å². The normalized spacial score (nSPS) is 12.5. The van der Waals surface area contributed by atoms with E-state index in [9.17, 15) is 14.4 Å². The molecule has 0 bridgehead atoms. The van der Waals surface area contributed by atoms with Crippen molar-refractivity contribution in [3.8, 4) is 0 Å². The second-order valence-electron chi connectivity index (χ2n) is 4.94. The maximum atomic E-state index is 11.6. The zero-order valence-electron chi connectivity index (χ0n) is 11.9. The molecule has 1 atom stereocenters. The number of rotatable bonds is 6. The van der Waals surface area contributed by atoms with E-state index in [-0.39, 0.29) is 20.7 Å². The van der Waals surface area contributed by atoms with Crippen LogP contribution in [0.1, 0.15) is 27.7 Å². The van der Waals surface area contributed by atoms with Crippen LogP contribution in [0.3, 0.4) is 0 Å². The van der Waals surface area contributed by atoms with Crippen molar-refractivity contribution in [2.45, 2.75) is 50.0 Å². The monoisotopic (exact) mass is 339 g/mol. The van der Waals surface area contributed by atoms with Crippen molar-refractivity contribution in [2.75, 3.05) is 7.11 Å². The average molecular weight is 338 g/mol. The molecule has 0 aromatic rings. The molecule has 0 aromatic carbocycles. The van der Waals surface area contributed by atoms with Gasteiger partial charge in [-0.2, -0.15) is 0 Å². The van der Waals surface area contributed by atoms with Gasteiger partial charge < -0.3 is 0 Å². The van der Waals surface area contributed by atoms with E-state index in [4.69, 9.17) is 4.74 Å². The third-order valence-corrected chi connectivity index (χ3v) is 4.24. The first kappa shape index (κ1) is 17.9. The Balaban J connectivity index is 4.39. The van der Waals surface area contributed by atoms with Gasteiger partial charge in [-0.15, -0.1) is 0 Å². The van der Waals surface area contributed by atoms with Crippen LogP contribution in [0.15, 0.2) is 0 Å². The van der Waals surface area contributed by atoms with Gasteiger partial charge in [0, 0.05) is 0 Å². The number of carbonyl (C=O) groups is 3. The summed E-state index contributed by atoms with van der Waals surface area (Å²) in [5.41, 5.74) is -0.630. The minimum absolute atomic E-state index is 0.0559. The van der Waals surface area contributed by atoms with E-state index >= 15 is 0 Å². The molecular weight excluding hydrogens is 317 g/mol. The number of esters is 1. The molecule has 0 saturated heterocycles. The van der Waals surface area contributed by atoms with Crippen LogP contribution >= 0.6 is 0 Å². The summed E-state index contributed by atoms with van der Waals surface area (Å²) in [4.78, 5) is 34.0. The molecule has 0 rings (SSSR count). The van der Waals surface area contributed by atoms with Gasteiger partial charge in [0.15, 0.2) is 0 Å². The van der Waals surface area contributed by atoms with Crippen molar-refractivity contribution >= 4 is 32.8 Å². The molecule has 19 heavy (non-hydrogen) atoms. The topological polar surface area (TPSA) is 81.7 Å². The number of carbonyl (C=O) groups excluding carboxylic acids is 3. The number of ketones is 1. The molecule has 0 aliphatic heterocycles. The van der Waals surface area contributed by atoms with Crippen LogP contribution < -0.4 is 5.32 Å². The average Bonchev–Trinajstić information content (AvgIpc) is 2.23. The van der Waals surface area contributed by atoms with Crippen molar-refractivity contribution in [1.82, 2.24) is 5.32 Å². The van der Waals surface area contributed by atoms with Gasteiger partial charge in [-0.05, 0) is 0 Å². The second-order valence-corrected chi connectivity index (χ2v) is 7.10. The van der Waals surface area contributed by atoms with Gasteiger partial charge in [0.1, 0.15) is 0 Å². The van der Waals surface area contributed by atoms with E-state index < -0.39 is 23.7 Å². The third-order valence-electron chi connectivity index (χ3n) is 1.77. The van der Waals surface area contributed by atoms with E-state index in [0.717, 1.165) is 0 Å². The molecule has 0 aliphatic rings. The molecule has 0 unspecified atom stereocenters. The van der Waals surface area contributed by atoms with E-state index in [1.807, 2.05) is 0 Å². The first-order valence-electron chi connectivity index (χ1n) is 5.80. The Morgan fingerprint density at radius 3 is 2.26 bits per heavy atom. The fourth-order valence-corrected chi connectivity index (χ4v) is 2.89. The van der Waals surface area contributed by atoms with Crippen molar-refractivity contribution in [1.29, 1.82) is 0 Å². The summed E-state index contributed by atoms with van der Waals surface area (Å²) in [6, 6.07) is -0.765. The van der Waals surface area contributed by atoms with Gasteiger partial charge >= 0.3 is 119 Å². The molecule has 0 heterocycles. The summed E-state index contributed by atoms with van der Waals surface area (Å²) in [7, 11) is 1.25. The third kappa shape index (κ3) is 9.50. The Morgan fingerprint density at radius 2 is 1.84 bits per heavy atom. The second kappa shape index (κ2) is 8.17. The van der Waals surface area contributed by atoms with Gasteiger partial charge in [-0.3, -0.25) is 0 Å². The van der Waals surface area contributed by atoms with Crippen molar-refractivity contribution in [3.05, 3.63) is 0 Å². The van der Waals surface area contributed by atoms with Gasteiger partial charge in [0.2, 0.25) is 0 Å². The molecule has 0 aromatic heterocycles. The summed E-state index contributed by atoms with van der Waals surface area (Å²) in [5, 5.41) is 3.29. The van der Waals surface area contributed by atoms with Crippen LogP contribution in [0.5, 0.6) is 0 Å². The number of methoxy groups -OCH3 is 1. The number of amides is 1. The number of Topliss-reactive ketones (excluding diaryl/α,β-unsaturated/α-hetero) is 1. The van der Waals surface area contributed by atoms with Crippen molar-refractivity contribution in [2.24, 2.45) is 0 Å². The number of alkyl carbamates (subject to hydrolysis) is 1. The summed E-state index contributed by atoms with van der Waals surface area (Å²) in [5.74, 6) is -0.461. The summed E-state index contributed by atoms with van der Waals surface area (Å²) < 4.78 is 9.69. The quantitative estimate of drug-likeness (QED) is 0.581. The Morgan fingerprint density at radius 1 is 1.26 bits per heavy atom. The minimum atomic E-state index is -0.765. The molecule has 0 saturated carbocycles.